The fraction of sp³-hybridized carbons (Fsp3) is 0.333. The van der Waals surface area contributed by atoms with Crippen LogP contribution in [-0.4, -0.2) is 23.2 Å². The quantitative estimate of drug-likeness (QED) is 0.663. The van der Waals surface area contributed by atoms with Crippen molar-refractivity contribution >= 4 is 5.97 Å². The SMILES string of the molecule is COC(=O)c1nc(C(F)F)c(C(F)(F)F)cc1O. The molecule has 0 fully saturated rings. The number of aromatic hydroxyl groups is 1. The van der Waals surface area contributed by atoms with Crippen LogP contribution in [0.1, 0.15) is 28.2 Å². The van der Waals surface area contributed by atoms with Gasteiger partial charge < -0.3 is 9.84 Å². The van der Waals surface area contributed by atoms with Gasteiger partial charge in [-0.15, -0.1) is 0 Å². The Morgan fingerprint density at radius 1 is 1.44 bits per heavy atom. The molecule has 100 valence electrons. The molecule has 9 heteroatoms. The molecule has 1 rings (SSSR count). The van der Waals surface area contributed by atoms with Crippen molar-refractivity contribution in [2.24, 2.45) is 0 Å². The maximum atomic E-state index is 12.4. The van der Waals surface area contributed by atoms with Crippen LogP contribution in [0.2, 0.25) is 0 Å². The molecule has 0 saturated heterocycles. The number of ether oxygens (including phenoxy) is 1. The highest BCUT2D eigenvalue weighted by Gasteiger charge is 2.38. The van der Waals surface area contributed by atoms with Crippen LogP contribution in [0.3, 0.4) is 0 Å². The summed E-state index contributed by atoms with van der Waals surface area (Å²) in [6, 6.07) is 0.0146. The van der Waals surface area contributed by atoms with Crippen molar-refractivity contribution < 1.29 is 36.6 Å². The molecule has 1 heterocycles. The molecule has 0 saturated carbocycles. The van der Waals surface area contributed by atoms with E-state index in [1.807, 2.05) is 0 Å². The number of hydrogen-bond acceptors (Lipinski definition) is 4. The summed E-state index contributed by atoms with van der Waals surface area (Å²) in [6.45, 7) is 0. The highest BCUT2D eigenvalue weighted by molar-refractivity contribution is 5.90. The van der Waals surface area contributed by atoms with Gasteiger partial charge in [-0.1, -0.05) is 0 Å². The number of nitrogens with zero attached hydrogens (tertiary/aromatic N) is 1. The second kappa shape index (κ2) is 4.75. The summed E-state index contributed by atoms with van der Waals surface area (Å²) < 4.78 is 66.2. The number of esters is 1. The summed E-state index contributed by atoms with van der Waals surface area (Å²) in [5, 5.41) is 9.15. The maximum absolute atomic E-state index is 12.4. The van der Waals surface area contributed by atoms with Gasteiger partial charge >= 0.3 is 12.1 Å². The van der Waals surface area contributed by atoms with Crippen LogP contribution in [0.4, 0.5) is 22.0 Å². The fourth-order valence-corrected chi connectivity index (χ4v) is 1.16. The number of carbonyl (C=O) groups excluding carboxylic acids is 1. The number of methoxy groups -OCH3 is 1. The highest BCUT2D eigenvalue weighted by Crippen LogP contribution is 2.38. The minimum Gasteiger partial charge on any atom is -0.505 e. The predicted octanol–water partition coefficient (Wildman–Crippen LogP) is 2.53. The Balaban J connectivity index is 3.49. The van der Waals surface area contributed by atoms with E-state index >= 15 is 0 Å². The van der Waals surface area contributed by atoms with Gasteiger partial charge in [0.25, 0.3) is 6.43 Å². The normalized spacial score (nSPS) is 11.7. The van der Waals surface area contributed by atoms with Crippen LogP contribution >= 0.6 is 0 Å². The number of pyridine rings is 1. The largest absolute Gasteiger partial charge is 0.505 e. The van der Waals surface area contributed by atoms with Crippen LogP contribution in [0.15, 0.2) is 6.07 Å². The molecule has 0 bridgehead atoms. The summed E-state index contributed by atoms with van der Waals surface area (Å²) in [5.74, 6) is -2.50. The number of carbonyl (C=O) groups is 1. The lowest BCUT2D eigenvalue weighted by Gasteiger charge is -2.13. The predicted molar refractivity (Wildman–Crippen MR) is 47.2 cm³/mol. The first kappa shape index (κ1) is 14.1. The molecule has 0 aliphatic heterocycles. The Hall–Kier alpha value is -1.93. The second-order valence-electron chi connectivity index (χ2n) is 3.08. The van der Waals surface area contributed by atoms with E-state index in [1.54, 1.807) is 0 Å². The molecule has 0 aliphatic carbocycles. The van der Waals surface area contributed by atoms with E-state index < -0.39 is 41.3 Å². The molecule has 1 N–H and O–H groups in total. The van der Waals surface area contributed by atoms with Gasteiger partial charge in [-0.25, -0.2) is 18.6 Å². The Kier molecular flexibility index (Phi) is 3.73. The van der Waals surface area contributed by atoms with Crippen molar-refractivity contribution in [3.05, 3.63) is 23.0 Å². The lowest BCUT2D eigenvalue weighted by Crippen LogP contribution is -2.15. The third-order valence-electron chi connectivity index (χ3n) is 1.92. The Bertz CT molecular complexity index is 472. The molecular formula is C9H6F5NO3. The summed E-state index contributed by atoms with van der Waals surface area (Å²) in [4.78, 5) is 13.8. The van der Waals surface area contributed by atoms with Crippen LogP contribution < -0.4 is 0 Å². The van der Waals surface area contributed by atoms with E-state index in [9.17, 15) is 26.7 Å². The third-order valence-corrected chi connectivity index (χ3v) is 1.92. The molecule has 18 heavy (non-hydrogen) atoms. The summed E-state index contributed by atoms with van der Waals surface area (Å²) in [5.41, 5.74) is -4.44. The van der Waals surface area contributed by atoms with Gasteiger partial charge in [0, 0.05) is 0 Å². The van der Waals surface area contributed by atoms with Gasteiger partial charge in [0.2, 0.25) is 0 Å². The lowest BCUT2D eigenvalue weighted by molar-refractivity contribution is -0.140. The zero-order chi connectivity index (χ0) is 14.1. The van der Waals surface area contributed by atoms with Crippen molar-refractivity contribution in [1.29, 1.82) is 0 Å². The van der Waals surface area contributed by atoms with Crippen LogP contribution in [-0.2, 0) is 10.9 Å². The van der Waals surface area contributed by atoms with Gasteiger partial charge in [0.15, 0.2) is 5.69 Å². The number of hydrogen-bond donors (Lipinski definition) is 1. The Morgan fingerprint density at radius 2 is 2.00 bits per heavy atom. The number of aromatic nitrogens is 1. The summed E-state index contributed by atoms with van der Waals surface area (Å²) >= 11 is 0. The number of halogens is 5. The van der Waals surface area contributed by atoms with Crippen molar-refractivity contribution in [2.45, 2.75) is 12.6 Å². The first-order chi connectivity index (χ1) is 8.18. The second-order valence-corrected chi connectivity index (χ2v) is 3.08. The van der Waals surface area contributed by atoms with Crippen LogP contribution in [0.25, 0.3) is 0 Å². The summed E-state index contributed by atoms with van der Waals surface area (Å²) in [7, 11) is 0.864. The monoisotopic (exact) mass is 271 g/mol. The minimum absolute atomic E-state index is 0.0146. The highest BCUT2D eigenvalue weighted by atomic mass is 19.4. The van der Waals surface area contributed by atoms with Crippen LogP contribution in [0.5, 0.6) is 5.75 Å². The molecule has 0 spiro atoms. The lowest BCUT2D eigenvalue weighted by atomic mass is 10.1. The van der Waals surface area contributed by atoms with Crippen molar-refractivity contribution in [2.75, 3.05) is 7.11 Å². The topological polar surface area (TPSA) is 59.4 Å². The third kappa shape index (κ3) is 2.66. The fourth-order valence-electron chi connectivity index (χ4n) is 1.16. The average molecular weight is 271 g/mol. The van der Waals surface area contributed by atoms with E-state index in [2.05, 4.69) is 9.72 Å². The van der Waals surface area contributed by atoms with Crippen molar-refractivity contribution in [3.63, 3.8) is 0 Å². The van der Waals surface area contributed by atoms with Gasteiger partial charge in [0.05, 0.1) is 12.7 Å². The van der Waals surface area contributed by atoms with E-state index in [-0.39, 0.29) is 6.07 Å². The minimum atomic E-state index is -5.12. The maximum Gasteiger partial charge on any atom is 0.418 e. The standard InChI is InChI=1S/C9H6F5NO3/c1-18-8(17)6-4(16)2-3(9(12,13)14)5(15-6)7(10)11/h2,7,16H,1H3. The molecule has 0 amide bonds. The molecule has 0 unspecified atom stereocenters. The first-order valence-electron chi connectivity index (χ1n) is 4.36. The number of alkyl halides is 5. The van der Waals surface area contributed by atoms with E-state index in [0.29, 0.717) is 0 Å². The first-order valence-corrected chi connectivity index (χ1v) is 4.36. The van der Waals surface area contributed by atoms with E-state index in [1.165, 1.54) is 0 Å². The Morgan fingerprint density at radius 3 is 2.39 bits per heavy atom. The molecule has 0 atom stereocenters. The molecule has 1 aromatic heterocycles. The van der Waals surface area contributed by atoms with Crippen molar-refractivity contribution in [3.8, 4) is 5.75 Å². The van der Waals surface area contributed by atoms with Crippen LogP contribution in [0, 0.1) is 0 Å². The van der Waals surface area contributed by atoms with Gasteiger partial charge in [-0.3, -0.25) is 0 Å². The van der Waals surface area contributed by atoms with Gasteiger partial charge in [0.1, 0.15) is 11.4 Å². The molecule has 0 aromatic carbocycles. The van der Waals surface area contributed by atoms with E-state index in [4.69, 9.17) is 5.11 Å². The molecule has 1 aromatic rings. The number of rotatable bonds is 2. The Labute approximate surface area is 97.0 Å². The summed E-state index contributed by atoms with van der Waals surface area (Å²) in [6.07, 6.45) is -8.67. The van der Waals surface area contributed by atoms with Gasteiger partial charge in [-0.05, 0) is 6.07 Å². The average Bonchev–Trinajstić information content (AvgIpc) is 2.26. The molecule has 0 aliphatic rings. The van der Waals surface area contributed by atoms with E-state index in [0.717, 1.165) is 7.11 Å². The zero-order valence-electron chi connectivity index (χ0n) is 8.76. The van der Waals surface area contributed by atoms with Gasteiger partial charge in [-0.2, -0.15) is 13.2 Å². The van der Waals surface area contributed by atoms with Crippen molar-refractivity contribution in [1.82, 2.24) is 4.98 Å². The zero-order valence-corrected chi connectivity index (χ0v) is 8.76. The molecule has 4 nitrogen and oxygen atoms in total. The molecular weight excluding hydrogens is 265 g/mol. The molecule has 0 radical (unpaired) electrons. The smallest absolute Gasteiger partial charge is 0.418 e.